The number of rotatable bonds is 1. The van der Waals surface area contributed by atoms with Crippen LogP contribution in [0.5, 0.6) is 0 Å². The first-order chi connectivity index (χ1) is 5.81. The standard InChI is InChI=1S/C10H10OS/c1-7-5-9-8(6-11)3-2-4-10(9)12-7/h2-4,6-7H,5H2,1H3. The van der Waals surface area contributed by atoms with E-state index < -0.39 is 0 Å². The normalized spacial score (nSPS) is 20.6. The Morgan fingerprint density at radius 1 is 1.58 bits per heavy atom. The van der Waals surface area contributed by atoms with Gasteiger partial charge in [0.2, 0.25) is 0 Å². The van der Waals surface area contributed by atoms with Gasteiger partial charge in [-0.3, -0.25) is 4.79 Å². The van der Waals surface area contributed by atoms with Gasteiger partial charge in [-0.2, -0.15) is 0 Å². The quantitative estimate of drug-likeness (QED) is 0.615. The monoisotopic (exact) mass is 178 g/mol. The molecule has 2 heteroatoms. The molecule has 0 saturated carbocycles. The number of fused-ring (bicyclic) bond motifs is 1. The van der Waals surface area contributed by atoms with E-state index in [1.165, 1.54) is 10.5 Å². The molecular weight excluding hydrogens is 168 g/mol. The van der Waals surface area contributed by atoms with E-state index >= 15 is 0 Å². The van der Waals surface area contributed by atoms with Crippen molar-refractivity contribution >= 4 is 18.0 Å². The van der Waals surface area contributed by atoms with Gasteiger partial charge in [-0.15, -0.1) is 11.8 Å². The summed E-state index contributed by atoms with van der Waals surface area (Å²) in [4.78, 5) is 11.9. The average Bonchev–Trinajstić information content (AvgIpc) is 2.44. The molecule has 0 radical (unpaired) electrons. The zero-order chi connectivity index (χ0) is 8.55. The van der Waals surface area contributed by atoms with E-state index in [-0.39, 0.29) is 0 Å². The summed E-state index contributed by atoms with van der Waals surface area (Å²) in [5.74, 6) is 0. The first-order valence-corrected chi connectivity index (χ1v) is 4.93. The lowest BCUT2D eigenvalue weighted by atomic mass is 10.0. The first-order valence-electron chi connectivity index (χ1n) is 4.05. The third-order valence-corrected chi connectivity index (χ3v) is 3.32. The van der Waals surface area contributed by atoms with Crippen LogP contribution >= 0.6 is 11.8 Å². The Kier molecular flexibility index (Phi) is 1.93. The first kappa shape index (κ1) is 7.87. The summed E-state index contributed by atoms with van der Waals surface area (Å²) >= 11 is 1.86. The lowest BCUT2D eigenvalue weighted by Crippen LogP contribution is -1.95. The van der Waals surface area contributed by atoms with Crippen LogP contribution < -0.4 is 0 Å². The molecule has 1 heterocycles. The Balaban J connectivity index is 2.51. The second-order valence-electron chi connectivity index (χ2n) is 3.07. The molecule has 0 aliphatic carbocycles. The Bertz CT molecular complexity index is 320. The predicted octanol–water partition coefficient (Wildman–Crippen LogP) is 2.54. The molecule has 0 amide bonds. The predicted molar refractivity (Wildman–Crippen MR) is 50.9 cm³/mol. The van der Waals surface area contributed by atoms with E-state index in [2.05, 4.69) is 13.0 Å². The fourth-order valence-electron chi connectivity index (χ4n) is 1.57. The molecule has 1 atom stereocenters. The largest absolute Gasteiger partial charge is 0.298 e. The molecule has 0 fully saturated rings. The van der Waals surface area contributed by atoms with Gasteiger partial charge in [-0.1, -0.05) is 19.1 Å². The molecule has 1 unspecified atom stereocenters. The van der Waals surface area contributed by atoms with E-state index in [1.807, 2.05) is 23.9 Å². The van der Waals surface area contributed by atoms with Crippen molar-refractivity contribution in [2.24, 2.45) is 0 Å². The summed E-state index contributed by atoms with van der Waals surface area (Å²) in [5, 5.41) is 0.626. The second kappa shape index (κ2) is 2.94. The third kappa shape index (κ3) is 1.16. The fraction of sp³-hybridized carbons (Fsp3) is 0.300. The van der Waals surface area contributed by atoms with Crippen LogP contribution in [0, 0.1) is 0 Å². The van der Waals surface area contributed by atoms with Gasteiger partial charge in [-0.25, -0.2) is 0 Å². The smallest absolute Gasteiger partial charge is 0.150 e. The average molecular weight is 178 g/mol. The molecule has 0 aromatic heterocycles. The highest BCUT2D eigenvalue weighted by Crippen LogP contribution is 2.37. The van der Waals surface area contributed by atoms with Crippen molar-refractivity contribution in [2.45, 2.75) is 23.5 Å². The molecule has 0 spiro atoms. The zero-order valence-electron chi connectivity index (χ0n) is 6.91. The topological polar surface area (TPSA) is 17.1 Å². The second-order valence-corrected chi connectivity index (χ2v) is 4.55. The fourth-order valence-corrected chi connectivity index (χ4v) is 2.75. The van der Waals surface area contributed by atoms with Crippen molar-refractivity contribution < 1.29 is 4.79 Å². The minimum absolute atomic E-state index is 0.626. The van der Waals surface area contributed by atoms with E-state index in [0.29, 0.717) is 5.25 Å². The van der Waals surface area contributed by atoms with Gasteiger partial charge in [0.15, 0.2) is 0 Å². The Morgan fingerprint density at radius 3 is 3.17 bits per heavy atom. The number of carbonyl (C=O) groups is 1. The Morgan fingerprint density at radius 2 is 2.42 bits per heavy atom. The summed E-state index contributed by atoms with van der Waals surface area (Å²) in [6.07, 6.45) is 1.99. The van der Waals surface area contributed by atoms with Crippen LogP contribution in [0.2, 0.25) is 0 Å². The molecule has 1 aliphatic heterocycles. The highest BCUT2D eigenvalue weighted by molar-refractivity contribution is 8.00. The Labute approximate surface area is 76.2 Å². The van der Waals surface area contributed by atoms with Crippen molar-refractivity contribution in [2.75, 3.05) is 0 Å². The maximum Gasteiger partial charge on any atom is 0.150 e. The van der Waals surface area contributed by atoms with Crippen LogP contribution in [0.3, 0.4) is 0 Å². The van der Waals surface area contributed by atoms with E-state index in [0.717, 1.165) is 18.3 Å². The van der Waals surface area contributed by atoms with Crippen molar-refractivity contribution in [1.82, 2.24) is 0 Å². The summed E-state index contributed by atoms with van der Waals surface area (Å²) in [6.45, 7) is 2.19. The van der Waals surface area contributed by atoms with Crippen LogP contribution in [0.4, 0.5) is 0 Å². The summed E-state index contributed by atoms with van der Waals surface area (Å²) < 4.78 is 0. The maximum absolute atomic E-state index is 10.7. The van der Waals surface area contributed by atoms with E-state index in [1.54, 1.807) is 0 Å². The van der Waals surface area contributed by atoms with Crippen LogP contribution in [0.25, 0.3) is 0 Å². The van der Waals surface area contributed by atoms with E-state index in [9.17, 15) is 4.79 Å². The van der Waals surface area contributed by atoms with Gasteiger partial charge in [0.25, 0.3) is 0 Å². The van der Waals surface area contributed by atoms with E-state index in [4.69, 9.17) is 0 Å². The molecule has 1 aromatic rings. The van der Waals surface area contributed by atoms with Crippen molar-refractivity contribution in [3.8, 4) is 0 Å². The molecule has 1 aromatic carbocycles. The molecule has 0 N–H and O–H groups in total. The molecular formula is C10H10OS. The number of hydrogen-bond donors (Lipinski definition) is 0. The van der Waals surface area contributed by atoms with Crippen molar-refractivity contribution in [3.05, 3.63) is 29.3 Å². The minimum Gasteiger partial charge on any atom is -0.298 e. The van der Waals surface area contributed by atoms with Gasteiger partial charge in [0.05, 0.1) is 0 Å². The van der Waals surface area contributed by atoms with Gasteiger partial charge < -0.3 is 0 Å². The third-order valence-electron chi connectivity index (χ3n) is 2.12. The molecule has 0 saturated heterocycles. The van der Waals surface area contributed by atoms with Crippen LogP contribution in [0.15, 0.2) is 23.1 Å². The molecule has 2 rings (SSSR count). The number of benzene rings is 1. The summed E-state index contributed by atoms with van der Waals surface area (Å²) in [6, 6.07) is 5.94. The highest BCUT2D eigenvalue weighted by Gasteiger charge is 2.20. The summed E-state index contributed by atoms with van der Waals surface area (Å²) in [5.41, 5.74) is 2.11. The highest BCUT2D eigenvalue weighted by atomic mass is 32.2. The van der Waals surface area contributed by atoms with Gasteiger partial charge in [0, 0.05) is 15.7 Å². The number of carbonyl (C=O) groups excluding carboxylic acids is 1. The van der Waals surface area contributed by atoms with Crippen LogP contribution in [0.1, 0.15) is 22.8 Å². The zero-order valence-corrected chi connectivity index (χ0v) is 7.73. The lowest BCUT2D eigenvalue weighted by Gasteiger charge is -1.98. The van der Waals surface area contributed by atoms with Crippen molar-refractivity contribution in [3.63, 3.8) is 0 Å². The SMILES string of the molecule is CC1Cc2c(C=O)cccc2S1. The molecule has 62 valence electrons. The molecule has 12 heavy (non-hydrogen) atoms. The van der Waals surface area contributed by atoms with Crippen LogP contribution in [-0.2, 0) is 6.42 Å². The molecule has 0 bridgehead atoms. The molecule has 1 aliphatic rings. The number of hydrogen-bond acceptors (Lipinski definition) is 2. The van der Waals surface area contributed by atoms with Gasteiger partial charge >= 0.3 is 0 Å². The van der Waals surface area contributed by atoms with Crippen molar-refractivity contribution in [1.29, 1.82) is 0 Å². The van der Waals surface area contributed by atoms with Gasteiger partial charge in [-0.05, 0) is 18.1 Å². The number of aldehydes is 1. The maximum atomic E-state index is 10.7. The van der Waals surface area contributed by atoms with Crippen LogP contribution in [-0.4, -0.2) is 11.5 Å². The lowest BCUT2D eigenvalue weighted by molar-refractivity contribution is 0.112. The summed E-state index contributed by atoms with van der Waals surface area (Å²) in [7, 11) is 0. The number of thioether (sulfide) groups is 1. The Hall–Kier alpha value is -0.760. The molecule has 1 nitrogen and oxygen atoms in total. The minimum atomic E-state index is 0.626. The van der Waals surface area contributed by atoms with Gasteiger partial charge in [0.1, 0.15) is 6.29 Å².